The molecule has 0 fully saturated rings. The number of alkyl halides is 3. The van der Waals surface area contributed by atoms with Crippen molar-refractivity contribution in [2.24, 2.45) is 0 Å². The minimum absolute atomic E-state index is 0.0556. The van der Waals surface area contributed by atoms with Gasteiger partial charge in [-0.25, -0.2) is 9.78 Å². The van der Waals surface area contributed by atoms with Crippen LogP contribution in [-0.2, 0) is 10.9 Å². The van der Waals surface area contributed by atoms with E-state index in [2.05, 4.69) is 30.2 Å². The van der Waals surface area contributed by atoms with Gasteiger partial charge in [-0.2, -0.15) is 23.0 Å². The van der Waals surface area contributed by atoms with Crippen molar-refractivity contribution in [1.82, 2.24) is 30.2 Å². The predicted molar refractivity (Wildman–Crippen MR) is 65.1 cm³/mol. The van der Waals surface area contributed by atoms with Crippen molar-refractivity contribution in [3.05, 3.63) is 29.7 Å². The van der Waals surface area contributed by atoms with E-state index in [1.807, 2.05) is 0 Å². The zero-order chi connectivity index (χ0) is 15.9. The number of carbonyl (C=O) groups is 1. The lowest BCUT2D eigenvalue weighted by atomic mass is 10.3. The Hall–Kier alpha value is -2.98. The van der Waals surface area contributed by atoms with Crippen LogP contribution in [0.5, 0.6) is 0 Å². The Morgan fingerprint density at radius 3 is 2.82 bits per heavy atom. The number of hydrogen-bond acceptors (Lipinski definition) is 6. The summed E-state index contributed by atoms with van der Waals surface area (Å²) >= 11 is 0. The molecule has 0 radical (unpaired) electrons. The van der Waals surface area contributed by atoms with Gasteiger partial charge in [-0.15, -0.1) is 5.10 Å². The average molecular weight is 312 g/mol. The summed E-state index contributed by atoms with van der Waals surface area (Å²) in [5.74, 6) is -0.526. The number of hydrogen-bond donors (Lipinski definition) is 1. The molecular weight excluding hydrogens is 305 g/mol. The van der Waals surface area contributed by atoms with Crippen LogP contribution in [0.25, 0.3) is 16.9 Å². The molecular formula is C11H7F3N6O2. The number of nitrogens with one attached hydrogen (secondary N) is 1. The van der Waals surface area contributed by atoms with Crippen LogP contribution in [-0.4, -0.2) is 43.3 Å². The van der Waals surface area contributed by atoms with Crippen molar-refractivity contribution in [3.8, 4) is 5.82 Å². The molecule has 0 atom stereocenters. The summed E-state index contributed by atoms with van der Waals surface area (Å²) in [6.07, 6.45) is -3.30. The second-order valence-corrected chi connectivity index (χ2v) is 4.18. The summed E-state index contributed by atoms with van der Waals surface area (Å²) in [6, 6.07) is 2.04. The molecule has 0 aliphatic carbocycles. The largest absolute Gasteiger partial charge is 0.464 e. The molecule has 0 saturated heterocycles. The van der Waals surface area contributed by atoms with Crippen LogP contribution in [0.15, 0.2) is 18.3 Å². The van der Waals surface area contributed by atoms with E-state index in [4.69, 9.17) is 0 Å². The molecule has 11 heteroatoms. The number of H-pyrrole nitrogens is 1. The molecule has 114 valence electrons. The molecule has 1 N–H and O–H groups in total. The van der Waals surface area contributed by atoms with Gasteiger partial charge in [0.2, 0.25) is 0 Å². The molecule has 0 aromatic carbocycles. The molecule has 0 amide bonds. The summed E-state index contributed by atoms with van der Waals surface area (Å²) in [7, 11) is 1.19. The Morgan fingerprint density at radius 2 is 2.14 bits per heavy atom. The van der Waals surface area contributed by atoms with Gasteiger partial charge in [0.1, 0.15) is 5.69 Å². The maximum absolute atomic E-state index is 12.6. The third-order valence-electron chi connectivity index (χ3n) is 2.80. The Kier molecular flexibility index (Phi) is 3.04. The quantitative estimate of drug-likeness (QED) is 0.717. The van der Waals surface area contributed by atoms with Gasteiger partial charge in [-0.1, -0.05) is 5.21 Å². The van der Waals surface area contributed by atoms with Gasteiger partial charge in [0.15, 0.2) is 17.2 Å². The highest BCUT2D eigenvalue weighted by Gasteiger charge is 2.33. The molecule has 22 heavy (non-hydrogen) atoms. The second-order valence-electron chi connectivity index (χ2n) is 4.18. The standard InChI is InChI=1S/C11H7F3N6O2/c1-22-10(21)6-4-20(19-16-6)9-5-2-3-7(11(12,13)14)15-8(5)17-18-9/h2-4H,1H3,(H,15,17,18). The number of aromatic nitrogens is 6. The highest BCUT2D eigenvalue weighted by molar-refractivity contribution is 5.87. The van der Waals surface area contributed by atoms with Crippen molar-refractivity contribution < 1.29 is 22.7 Å². The minimum atomic E-state index is -4.55. The maximum atomic E-state index is 12.6. The van der Waals surface area contributed by atoms with Crippen LogP contribution in [0.2, 0.25) is 0 Å². The first-order valence-corrected chi connectivity index (χ1v) is 5.83. The molecule has 3 aromatic rings. The maximum Gasteiger partial charge on any atom is 0.433 e. The summed E-state index contributed by atoms with van der Waals surface area (Å²) in [5, 5.41) is 13.8. The number of pyridine rings is 1. The predicted octanol–water partition coefficient (Wildman–Crippen LogP) is 1.34. The monoisotopic (exact) mass is 312 g/mol. The van der Waals surface area contributed by atoms with Crippen LogP contribution >= 0.6 is 0 Å². The summed E-state index contributed by atoms with van der Waals surface area (Å²) in [5.41, 5.74) is -1.15. The molecule has 3 heterocycles. The van der Waals surface area contributed by atoms with E-state index in [0.717, 1.165) is 10.7 Å². The van der Waals surface area contributed by atoms with E-state index in [1.165, 1.54) is 19.4 Å². The van der Waals surface area contributed by atoms with Gasteiger partial charge >= 0.3 is 12.1 Å². The Labute approximate surface area is 119 Å². The molecule has 0 aliphatic heterocycles. The van der Waals surface area contributed by atoms with Crippen molar-refractivity contribution >= 4 is 17.0 Å². The Balaban J connectivity index is 2.05. The molecule has 3 aromatic heterocycles. The molecule has 0 aliphatic rings. The van der Waals surface area contributed by atoms with E-state index >= 15 is 0 Å². The lowest BCUT2D eigenvalue weighted by molar-refractivity contribution is -0.141. The number of aromatic amines is 1. The second kappa shape index (κ2) is 4.79. The normalized spacial score (nSPS) is 11.8. The molecule has 0 saturated carbocycles. The van der Waals surface area contributed by atoms with Gasteiger partial charge in [0, 0.05) is 0 Å². The Morgan fingerprint density at radius 1 is 1.36 bits per heavy atom. The van der Waals surface area contributed by atoms with Crippen molar-refractivity contribution in [3.63, 3.8) is 0 Å². The molecule has 3 rings (SSSR count). The highest BCUT2D eigenvalue weighted by atomic mass is 19.4. The first-order valence-electron chi connectivity index (χ1n) is 5.83. The fraction of sp³-hybridized carbons (Fsp3) is 0.182. The highest BCUT2D eigenvalue weighted by Crippen LogP contribution is 2.29. The van der Waals surface area contributed by atoms with Gasteiger partial charge in [-0.05, 0) is 12.1 Å². The number of esters is 1. The van der Waals surface area contributed by atoms with Crippen LogP contribution in [0.1, 0.15) is 16.2 Å². The summed E-state index contributed by atoms with van der Waals surface area (Å²) < 4.78 is 43.4. The van der Waals surface area contributed by atoms with Gasteiger partial charge < -0.3 is 4.74 Å². The topological polar surface area (TPSA) is 98.6 Å². The van der Waals surface area contributed by atoms with Crippen molar-refractivity contribution in [2.75, 3.05) is 7.11 Å². The number of halogens is 3. The zero-order valence-corrected chi connectivity index (χ0v) is 10.9. The molecule has 0 unspecified atom stereocenters. The van der Waals surface area contributed by atoms with Crippen LogP contribution in [0.4, 0.5) is 13.2 Å². The number of fused-ring (bicyclic) bond motifs is 1. The zero-order valence-electron chi connectivity index (χ0n) is 10.9. The lowest BCUT2D eigenvalue weighted by Crippen LogP contribution is -2.07. The third-order valence-corrected chi connectivity index (χ3v) is 2.80. The van der Waals surface area contributed by atoms with E-state index in [1.54, 1.807) is 0 Å². The molecule has 8 nitrogen and oxygen atoms in total. The van der Waals surface area contributed by atoms with E-state index in [9.17, 15) is 18.0 Å². The minimum Gasteiger partial charge on any atom is -0.464 e. The van der Waals surface area contributed by atoms with Crippen LogP contribution in [0.3, 0.4) is 0 Å². The van der Waals surface area contributed by atoms with Gasteiger partial charge in [-0.3, -0.25) is 5.10 Å². The first-order chi connectivity index (χ1) is 10.4. The third kappa shape index (κ3) is 2.25. The van der Waals surface area contributed by atoms with Gasteiger partial charge in [0.25, 0.3) is 0 Å². The van der Waals surface area contributed by atoms with E-state index in [0.29, 0.717) is 5.39 Å². The summed E-state index contributed by atoms with van der Waals surface area (Å²) in [6.45, 7) is 0. The fourth-order valence-electron chi connectivity index (χ4n) is 1.79. The number of ether oxygens (including phenoxy) is 1. The fourth-order valence-corrected chi connectivity index (χ4v) is 1.79. The number of carbonyl (C=O) groups excluding carboxylic acids is 1. The smallest absolute Gasteiger partial charge is 0.433 e. The lowest BCUT2D eigenvalue weighted by Gasteiger charge is -2.04. The first kappa shape index (κ1) is 14.0. The van der Waals surface area contributed by atoms with Gasteiger partial charge in [0.05, 0.1) is 18.7 Å². The number of methoxy groups -OCH3 is 1. The van der Waals surface area contributed by atoms with Crippen molar-refractivity contribution in [2.45, 2.75) is 6.18 Å². The summed E-state index contributed by atoms with van der Waals surface area (Å²) in [4.78, 5) is 14.8. The molecule has 0 bridgehead atoms. The number of rotatable bonds is 2. The SMILES string of the molecule is COC(=O)c1cn(-c2n[nH]c3nc(C(F)(F)F)ccc23)nn1. The van der Waals surface area contributed by atoms with Crippen molar-refractivity contribution in [1.29, 1.82) is 0 Å². The van der Waals surface area contributed by atoms with Crippen LogP contribution in [0, 0.1) is 0 Å². The van der Waals surface area contributed by atoms with Crippen LogP contribution < -0.4 is 0 Å². The number of nitrogens with zero attached hydrogens (tertiary/aromatic N) is 5. The van der Waals surface area contributed by atoms with E-state index < -0.39 is 17.8 Å². The Bertz CT molecular complexity index is 853. The van der Waals surface area contributed by atoms with E-state index in [-0.39, 0.29) is 17.2 Å². The average Bonchev–Trinajstić information content (AvgIpc) is 3.11. The molecule has 0 spiro atoms.